The largest absolute Gasteiger partial charge is 0.462 e. The summed E-state index contributed by atoms with van der Waals surface area (Å²) < 4.78 is 31.7. The maximum absolute atomic E-state index is 12.2. The van der Waals surface area contributed by atoms with Gasteiger partial charge in [-0.25, -0.2) is 17.9 Å². The number of hydrogen-bond donors (Lipinski definition) is 2. The lowest BCUT2D eigenvalue weighted by Gasteiger charge is -2.10. The van der Waals surface area contributed by atoms with Gasteiger partial charge in [-0.1, -0.05) is 6.07 Å². The molecule has 1 rings (SSSR count). The summed E-state index contributed by atoms with van der Waals surface area (Å²) in [6.07, 6.45) is 0. The Morgan fingerprint density at radius 1 is 1.29 bits per heavy atom. The fourth-order valence-electron chi connectivity index (χ4n) is 1.62. The third-order valence-corrected chi connectivity index (χ3v) is 4.26. The first-order chi connectivity index (χ1) is 9.42. The first-order valence-corrected chi connectivity index (χ1v) is 7.82. The molecule has 0 aliphatic rings. The number of likely N-dealkylation sites (N-methyl/N-ethyl adjacent to an activating group) is 1. The van der Waals surface area contributed by atoms with E-state index in [-0.39, 0.29) is 36.0 Å². The van der Waals surface area contributed by atoms with Crippen LogP contribution in [0.3, 0.4) is 0 Å². The predicted octanol–water partition coefficient (Wildman–Crippen LogP) is 1.09. The zero-order valence-electron chi connectivity index (χ0n) is 12.3. The van der Waals surface area contributed by atoms with Crippen LogP contribution in [-0.2, 0) is 14.8 Å². The van der Waals surface area contributed by atoms with Gasteiger partial charge in [0.1, 0.15) is 0 Å². The smallest absolute Gasteiger partial charge is 0.338 e. The van der Waals surface area contributed by atoms with Crippen molar-refractivity contribution in [2.75, 3.05) is 26.7 Å². The average molecular weight is 337 g/mol. The van der Waals surface area contributed by atoms with Crippen molar-refractivity contribution < 1.29 is 17.9 Å². The van der Waals surface area contributed by atoms with Gasteiger partial charge in [-0.15, -0.1) is 12.4 Å². The highest BCUT2D eigenvalue weighted by molar-refractivity contribution is 7.89. The standard InChI is InChI=1S/C13H20N2O4S.ClH/c1-4-19-13(16)11-6-5-10(2)12(9-11)20(17,18)15-8-7-14-3;/h5-6,9,14-15H,4,7-8H2,1-3H3;1H. The van der Waals surface area contributed by atoms with E-state index in [4.69, 9.17) is 4.74 Å². The summed E-state index contributed by atoms with van der Waals surface area (Å²) in [5.41, 5.74) is 0.807. The van der Waals surface area contributed by atoms with Gasteiger partial charge in [-0.2, -0.15) is 0 Å². The topological polar surface area (TPSA) is 84.5 Å². The zero-order chi connectivity index (χ0) is 15.2. The molecule has 0 radical (unpaired) electrons. The lowest BCUT2D eigenvalue weighted by molar-refractivity contribution is 0.0526. The van der Waals surface area contributed by atoms with Crippen LogP contribution < -0.4 is 10.0 Å². The molecule has 1 aromatic rings. The van der Waals surface area contributed by atoms with E-state index in [9.17, 15) is 13.2 Å². The SMILES string of the molecule is CCOC(=O)c1ccc(C)c(S(=O)(=O)NCCNC)c1.Cl. The van der Waals surface area contributed by atoms with Crippen LogP contribution in [0.1, 0.15) is 22.8 Å². The van der Waals surface area contributed by atoms with Crippen molar-refractivity contribution in [3.8, 4) is 0 Å². The number of ether oxygens (including phenoxy) is 1. The average Bonchev–Trinajstić information content (AvgIpc) is 2.39. The van der Waals surface area contributed by atoms with Gasteiger partial charge >= 0.3 is 5.97 Å². The van der Waals surface area contributed by atoms with E-state index in [1.54, 1.807) is 33.0 Å². The van der Waals surface area contributed by atoms with Crippen molar-refractivity contribution in [2.45, 2.75) is 18.7 Å². The Hall–Kier alpha value is -1.15. The normalized spacial score (nSPS) is 10.8. The molecule has 8 heteroatoms. The van der Waals surface area contributed by atoms with Crippen LogP contribution >= 0.6 is 12.4 Å². The van der Waals surface area contributed by atoms with Gasteiger partial charge in [0.15, 0.2) is 0 Å². The molecule has 0 aromatic heterocycles. The Kier molecular flexibility index (Phi) is 8.50. The highest BCUT2D eigenvalue weighted by Gasteiger charge is 2.18. The number of benzene rings is 1. The number of carbonyl (C=O) groups is 1. The molecule has 21 heavy (non-hydrogen) atoms. The van der Waals surface area contributed by atoms with Gasteiger partial charge in [-0.3, -0.25) is 0 Å². The van der Waals surface area contributed by atoms with Crippen molar-refractivity contribution in [3.63, 3.8) is 0 Å². The summed E-state index contributed by atoms with van der Waals surface area (Å²) in [7, 11) is -1.89. The summed E-state index contributed by atoms with van der Waals surface area (Å²) >= 11 is 0. The first kappa shape index (κ1) is 19.9. The molecule has 0 saturated heterocycles. The van der Waals surface area contributed by atoms with E-state index in [1.165, 1.54) is 6.07 Å². The Balaban J connectivity index is 0.00000400. The molecule has 0 amide bonds. The van der Waals surface area contributed by atoms with Crippen LogP contribution in [0.25, 0.3) is 0 Å². The molecule has 0 unspecified atom stereocenters. The highest BCUT2D eigenvalue weighted by Crippen LogP contribution is 2.17. The Bertz CT molecular complexity index is 576. The molecule has 0 fully saturated rings. The highest BCUT2D eigenvalue weighted by atomic mass is 35.5. The van der Waals surface area contributed by atoms with Gasteiger partial charge in [-0.05, 0) is 38.6 Å². The van der Waals surface area contributed by atoms with Crippen molar-refractivity contribution in [2.24, 2.45) is 0 Å². The summed E-state index contributed by atoms with van der Waals surface area (Å²) in [6, 6.07) is 4.49. The fourth-order valence-corrected chi connectivity index (χ4v) is 2.92. The molecule has 0 aliphatic heterocycles. The molecule has 0 heterocycles. The minimum absolute atomic E-state index is 0. The molecule has 2 N–H and O–H groups in total. The van der Waals surface area contributed by atoms with Gasteiger partial charge in [0.05, 0.1) is 17.1 Å². The first-order valence-electron chi connectivity index (χ1n) is 6.34. The maximum atomic E-state index is 12.2. The minimum atomic E-state index is -3.63. The number of hydrogen-bond acceptors (Lipinski definition) is 5. The summed E-state index contributed by atoms with van der Waals surface area (Å²) in [6.45, 7) is 4.43. The van der Waals surface area contributed by atoms with Crippen LogP contribution in [0, 0.1) is 6.92 Å². The molecule has 0 aliphatic carbocycles. The third kappa shape index (κ3) is 5.62. The lowest BCUT2D eigenvalue weighted by Crippen LogP contribution is -2.31. The molecule has 120 valence electrons. The quantitative estimate of drug-likeness (QED) is 0.575. The molecule has 1 aromatic carbocycles. The second-order valence-corrected chi connectivity index (χ2v) is 5.94. The predicted molar refractivity (Wildman–Crippen MR) is 83.5 cm³/mol. The third-order valence-electron chi connectivity index (χ3n) is 2.66. The van der Waals surface area contributed by atoms with E-state index in [1.807, 2.05) is 0 Å². The van der Waals surface area contributed by atoms with Gasteiger partial charge in [0.2, 0.25) is 10.0 Å². The summed E-state index contributed by atoms with van der Waals surface area (Å²) in [5, 5.41) is 2.85. The van der Waals surface area contributed by atoms with E-state index in [0.717, 1.165) is 0 Å². The van der Waals surface area contributed by atoms with E-state index in [2.05, 4.69) is 10.0 Å². The molecule has 0 saturated carbocycles. The number of rotatable bonds is 7. The van der Waals surface area contributed by atoms with E-state index >= 15 is 0 Å². The second kappa shape index (κ2) is 8.99. The number of halogens is 1. The van der Waals surface area contributed by atoms with Crippen molar-refractivity contribution in [1.29, 1.82) is 0 Å². The minimum Gasteiger partial charge on any atom is -0.462 e. The number of sulfonamides is 1. The Morgan fingerprint density at radius 3 is 2.52 bits per heavy atom. The van der Waals surface area contributed by atoms with Crippen molar-refractivity contribution in [1.82, 2.24) is 10.0 Å². The Labute approximate surface area is 131 Å². The van der Waals surface area contributed by atoms with Crippen LogP contribution in [0.5, 0.6) is 0 Å². The number of nitrogens with one attached hydrogen (secondary N) is 2. The van der Waals surface area contributed by atoms with Gasteiger partial charge in [0.25, 0.3) is 0 Å². The fraction of sp³-hybridized carbons (Fsp3) is 0.462. The lowest BCUT2D eigenvalue weighted by atomic mass is 10.1. The van der Waals surface area contributed by atoms with Crippen molar-refractivity contribution in [3.05, 3.63) is 29.3 Å². The maximum Gasteiger partial charge on any atom is 0.338 e. The second-order valence-electron chi connectivity index (χ2n) is 4.20. The van der Waals surface area contributed by atoms with Crippen molar-refractivity contribution >= 4 is 28.4 Å². The molecule has 0 spiro atoms. The van der Waals surface area contributed by atoms with Gasteiger partial charge < -0.3 is 10.1 Å². The van der Waals surface area contributed by atoms with Crippen LogP contribution in [-0.4, -0.2) is 41.1 Å². The zero-order valence-corrected chi connectivity index (χ0v) is 13.9. The molecular weight excluding hydrogens is 316 g/mol. The number of carbonyl (C=O) groups excluding carboxylic acids is 1. The van der Waals surface area contributed by atoms with Crippen LogP contribution in [0.15, 0.2) is 23.1 Å². The van der Waals surface area contributed by atoms with Crippen LogP contribution in [0.4, 0.5) is 0 Å². The number of aryl methyl sites for hydroxylation is 1. The monoisotopic (exact) mass is 336 g/mol. The Morgan fingerprint density at radius 2 is 1.95 bits per heavy atom. The summed E-state index contributed by atoms with van der Waals surface area (Å²) in [4.78, 5) is 11.7. The molecular formula is C13H21ClN2O4S. The van der Waals surface area contributed by atoms with Crippen LogP contribution in [0.2, 0.25) is 0 Å². The summed E-state index contributed by atoms with van der Waals surface area (Å²) in [5.74, 6) is -0.529. The molecule has 0 atom stereocenters. The number of esters is 1. The molecule has 6 nitrogen and oxygen atoms in total. The van der Waals surface area contributed by atoms with Gasteiger partial charge in [0, 0.05) is 13.1 Å². The molecule has 0 bridgehead atoms. The van der Waals surface area contributed by atoms with E-state index in [0.29, 0.717) is 12.1 Å². The van der Waals surface area contributed by atoms with E-state index < -0.39 is 16.0 Å².